The largest absolute Gasteiger partial charge is 0.385 e. The molecule has 1 heterocycles. The summed E-state index contributed by atoms with van der Waals surface area (Å²) in [6.07, 6.45) is 1.20. The van der Waals surface area contributed by atoms with E-state index < -0.39 is 10.0 Å². The second-order valence-corrected chi connectivity index (χ2v) is 7.01. The lowest BCUT2D eigenvalue weighted by Gasteiger charge is -2.33. The average molecular weight is 311 g/mol. The van der Waals surface area contributed by atoms with Gasteiger partial charge in [-0.25, -0.2) is 8.42 Å². The Kier molecular flexibility index (Phi) is 4.84. The number of rotatable bonds is 4. The molecule has 1 aliphatic rings. The van der Waals surface area contributed by atoms with Gasteiger partial charge in [-0.3, -0.25) is 4.79 Å². The molecule has 1 aromatic carbocycles. The van der Waals surface area contributed by atoms with Gasteiger partial charge in [-0.05, 0) is 19.1 Å². The van der Waals surface area contributed by atoms with Crippen LogP contribution in [0.25, 0.3) is 0 Å². The number of hydrogen-bond donors (Lipinski definition) is 1. The van der Waals surface area contributed by atoms with Crippen molar-refractivity contribution in [2.24, 2.45) is 0 Å². The molecule has 0 spiro atoms. The molecule has 1 aromatic rings. The SMILES string of the molecule is CCNc1ccccc1C(=O)N1CCN(S(C)(=O)=O)CC1. The minimum Gasteiger partial charge on any atom is -0.385 e. The van der Waals surface area contributed by atoms with E-state index in [1.54, 1.807) is 11.0 Å². The Hall–Kier alpha value is -1.60. The van der Waals surface area contributed by atoms with Crippen molar-refractivity contribution in [2.45, 2.75) is 6.92 Å². The number of anilines is 1. The molecule has 6 nitrogen and oxygen atoms in total. The van der Waals surface area contributed by atoms with Gasteiger partial charge in [-0.1, -0.05) is 12.1 Å². The molecule has 0 radical (unpaired) electrons. The molecular weight excluding hydrogens is 290 g/mol. The zero-order chi connectivity index (χ0) is 15.5. The monoisotopic (exact) mass is 311 g/mol. The quantitative estimate of drug-likeness (QED) is 0.894. The van der Waals surface area contributed by atoms with Crippen molar-refractivity contribution in [3.63, 3.8) is 0 Å². The normalized spacial score (nSPS) is 16.8. The number of para-hydroxylation sites is 1. The molecule has 1 aliphatic heterocycles. The highest BCUT2D eigenvalue weighted by molar-refractivity contribution is 7.88. The number of carbonyl (C=O) groups excluding carboxylic acids is 1. The van der Waals surface area contributed by atoms with E-state index in [1.165, 1.54) is 10.6 Å². The van der Waals surface area contributed by atoms with E-state index in [0.29, 0.717) is 31.7 Å². The lowest BCUT2D eigenvalue weighted by Crippen LogP contribution is -2.50. The molecule has 0 unspecified atom stereocenters. The molecule has 0 atom stereocenters. The van der Waals surface area contributed by atoms with Crippen molar-refractivity contribution in [2.75, 3.05) is 44.3 Å². The fraction of sp³-hybridized carbons (Fsp3) is 0.500. The van der Waals surface area contributed by atoms with Crippen LogP contribution >= 0.6 is 0 Å². The van der Waals surface area contributed by atoms with Crippen LogP contribution in [0, 0.1) is 0 Å². The number of amides is 1. The predicted octanol–water partition coefficient (Wildman–Crippen LogP) is 0.836. The van der Waals surface area contributed by atoms with Crippen LogP contribution in [0.3, 0.4) is 0 Å². The van der Waals surface area contributed by atoms with Crippen molar-refractivity contribution in [3.05, 3.63) is 29.8 Å². The lowest BCUT2D eigenvalue weighted by molar-refractivity contribution is 0.0699. The molecule has 2 rings (SSSR count). The smallest absolute Gasteiger partial charge is 0.256 e. The van der Waals surface area contributed by atoms with E-state index in [9.17, 15) is 13.2 Å². The number of hydrogen-bond acceptors (Lipinski definition) is 4. The Morgan fingerprint density at radius 2 is 1.81 bits per heavy atom. The first kappa shape index (κ1) is 15.8. The molecule has 0 aromatic heterocycles. The fourth-order valence-corrected chi connectivity index (χ4v) is 3.23. The number of sulfonamides is 1. The van der Waals surface area contributed by atoms with Crippen LogP contribution in [-0.2, 0) is 10.0 Å². The molecule has 0 aliphatic carbocycles. The zero-order valence-corrected chi connectivity index (χ0v) is 13.2. The van der Waals surface area contributed by atoms with Gasteiger partial charge in [0.05, 0.1) is 11.8 Å². The topological polar surface area (TPSA) is 69.7 Å². The van der Waals surface area contributed by atoms with Crippen LogP contribution in [0.5, 0.6) is 0 Å². The number of nitrogens with one attached hydrogen (secondary N) is 1. The second-order valence-electron chi connectivity index (χ2n) is 5.03. The molecule has 1 saturated heterocycles. The summed E-state index contributed by atoms with van der Waals surface area (Å²) < 4.78 is 24.4. The van der Waals surface area contributed by atoms with Crippen molar-refractivity contribution >= 4 is 21.6 Å². The Morgan fingerprint density at radius 1 is 1.19 bits per heavy atom. The molecule has 0 saturated carbocycles. The van der Waals surface area contributed by atoms with Crippen LogP contribution in [0.2, 0.25) is 0 Å². The highest BCUT2D eigenvalue weighted by Gasteiger charge is 2.27. The Balaban J connectivity index is 2.09. The van der Waals surface area contributed by atoms with E-state index in [4.69, 9.17) is 0 Å². The van der Waals surface area contributed by atoms with Crippen molar-refractivity contribution in [1.82, 2.24) is 9.21 Å². The van der Waals surface area contributed by atoms with E-state index in [1.807, 2.05) is 25.1 Å². The molecule has 1 fully saturated rings. The summed E-state index contributed by atoms with van der Waals surface area (Å²) in [5.41, 5.74) is 1.45. The molecule has 7 heteroatoms. The van der Waals surface area contributed by atoms with E-state index in [0.717, 1.165) is 12.2 Å². The third-order valence-corrected chi connectivity index (χ3v) is 4.82. The van der Waals surface area contributed by atoms with Crippen LogP contribution < -0.4 is 5.32 Å². The van der Waals surface area contributed by atoms with Gasteiger partial charge >= 0.3 is 0 Å². The van der Waals surface area contributed by atoms with Gasteiger partial charge in [0.1, 0.15) is 0 Å². The zero-order valence-electron chi connectivity index (χ0n) is 12.4. The van der Waals surface area contributed by atoms with E-state index >= 15 is 0 Å². The summed E-state index contributed by atoms with van der Waals surface area (Å²) in [6.45, 7) is 4.28. The first-order valence-electron chi connectivity index (χ1n) is 7.00. The van der Waals surface area contributed by atoms with E-state index in [2.05, 4.69) is 5.32 Å². The van der Waals surface area contributed by atoms with Crippen molar-refractivity contribution in [3.8, 4) is 0 Å². The second kappa shape index (κ2) is 6.44. The van der Waals surface area contributed by atoms with Crippen LogP contribution in [0.1, 0.15) is 17.3 Å². The maximum absolute atomic E-state index is 12.6. The summed E-state index contributed by atoms with van der Waals surface area (Å²) in [4.78, 5) is 14.3. The van der Waals surface area contributed by atoms with Gasteiger partial charge < -0.3 is 10.2 Å². The molecule has 1 amide bonds. The summed E-state index contributed by atoms with van der Waals surface area (Å²) in [5.74, 6) is -0.0558. The lowest BCUT2D eigenvalue weighted by atomic mass is 10.1. The fourth-order valence-electron chi connectivity index (χ4n) is 2.41. The first-order valence-corrected chi connectivity index (χ1v) is 8.85. The molecular formula is C14H21N3O3S. The highest BCUT2D eigenvalue weighted by Crippen LogP contribution is 2.18. The van der Waals surface area contributed by atoms with Crippen LogP contribution in [-0.4, -0.2) is 62.5 Å². The van der Waals surface area contributed by atoms with Crippen molar-refractivity contribution < 1.29 is 13.2 Å². The Labute approximate surface area is 125 Å². The van der Waals surface area contributed by atoms with Gasteiger partial charge in [-0.2, -0.15) is 4.31 Å². The van der Waals surface area contributed by atoms with Gasteiger partial charge in [-0.15, -0.1) is 0 Å². The average Bonchev–Trinajstić information content (AvgIpc) is 2.47. The number of benzene rings is 1. The molecule has 1 N–H and O–H groups in total. The molecule has 21 heavy (non-hydrogen) atoms. The number of nitrogens with zero attached hydrogens (tertiary/aromatic N) is 2. The van der Waals surface area contributed by atoms with Crippen LogP contribution in [0.15, 0.2) is 24.3 Å². The summed E-state index contributed by atoms with van der Waals surface area (Å²) in [5, 5.41) is 3.18. The Morgan fingerprint density at radius 3 is 2.38 bits per heavy atom. The maximum atomic E-state index is 12.6. The first-order chi connectivity index (χ1) is 9.93. The summed E-state index contributed by atoms with van der Waals surface area (Å²) in [6, 6.07) is 7.39. The number of carbonyl (C=O) groups is 1. The predicted molar refractivity (Wildman–Crippen MR) is 82.9 cm³/mol. The maximum Gasteiger partial charge on any atom is 0.256 e. The van der Waals surface area contributed by atoms with Gasteiger partial charge in [0.25, 0.3) is 5.91 Å². The highest BCUT2D eigenvalue weighted by atomic mass is 32.2. The molecule has 116 valence electrons. The Bertz CT molecular complexity index is 608. The summed E-state index contributed by atoms with van der Waals surface area (Å²) in [7, 11) is -3.17. The third-order valence-electron chi connectivity index (χ3n) is 3.52. The van der Waals surface area contributed by atoms with Crippen molar-refractivity contribution in [1.29, 1.82) is 0 Å². The van der Waals surface area contributed by atoms with Crippen LogP contribution in [0.4, 0.5) is 5.69 Å². The number of piperazine rings is 1. The summed E-state index contributed by atoms with van der Waals surface area (Å²) >= 11 is 0. The van der Waals surface area contributed by atoms with E-state index in [-0.39, 0.29) is 5.91 Å². The molecule has 0 bridgehead atoms. The minimum absolute atomic E-state index is 0.0558. The van der Waals surface area contributed by atoms with Gasteiger partial charge in [0, 0.05) is 38.4 Å². The third kappa shape index (κ3) is 3.74. The standard InChI is InChI=1S/C14H21N3O3S/c1-3-15-13-7-5-4-6-12(13)14(18)16-8-10-17(11-9-16)21(2,19)20/h4-7,15H,3,8-11H2,1-2H3. The van der Waals surface area contributed by atoms with Gasteiger partial charge in [0.2, 0.25) is 10.0 Å². The van der Waals surface area contributed by atoms with Gasteiger partial charge in [0.15, 0.2) is 0 Å². The minimum atomic E-state index is -3.17.